The predicted molar refractivity (Wildman–Crippen MR) is 76.2 cm³/mol. The highest BCUT2D eigenvalue weighted by atomic mass is 127. The summed E-state index contributed by atoms with van der Waals surface area (Å²) in [6.45, 7) is 11.1. The van der Waals surface area contributed by atoms with Crippen LogP contribution in [-0.4, -0.2) is 5.60 Å². The molecule has 0 radical (unpaired) electrons. The topological polar surface area (TPSA) is 9.23 Å². The highest BCUT2D eigenvalue weighted by Gasteiger charge is 2.39. The molecule has 1 aliphatic heterocycles. The van der Waals surface area contributed by atoms with Gasteiger partial charge in [0.1, 0.15) is 11.4 Å². The van der Waals surface area contributed by atoms with Gasteiger partial charge in [-0.25, -0.2) is 0 Å². The second kappa shape index (κ2) is 3.62. The Hall–Kier alpha value is -0.250. The van der Waals surface area contributed by atoms with Crippen molar-refractivity contribution in [2.45, 2.75) is 52.1 Å². The van der Waals surface area contributed by atoms with Crippen molar-refractivity contribution in [1.82, 2.24) is 0 Å². The van der Waals surface area contributed by atoms with Gasteiger partial charge in [0.2, 0.25) is 0 Å². The van der Waals surface area contributed by atoms with E-state index in [-0.39, 0.29) is 11.0 Å². The Morgan fingerprint density at radius 2 is 1.81 bits per heavy atom. The first-order valence-corrected chi connectivity index (χ1v) is 6.79. The first-order valence-electron chi connectivity index (χ1n) is 5.71. The number of hydrogen-bond donors (Lipinski definition) is 0. The van der Waals surface area contributed by atoms with E-state index in [1.807, 2.05) is 0 Å². The summed E-state index contributed by atoms with van der Waals surface area (Å²) in [7, 11) is 0. The summed E-state index contributed by atoms with van der Waals surface area (Å²) >= 11 is 2.38. The predicted octanol–water partition coefficient (Wildman–Crippen LogP) is 4.44. The summed E-state index contributed by atoms with van der Waals surface area (Å²) in [5.74, 6) is 1.09. The van der Waals surface area contributed by atoms with Gasteiger partial charge in [0.15, 0.2) is 0 Å². The molecule has 1 nitrogen and oxygen atoms in total. The van der Waals surface area contributed by atoms with Crippen LogP contribution in [0.2, 0.25) is 0 Å². The first kappa shape index (κ1) is 12.2. The lowest BCUT2D eigenvalue weighted by atomic mass is 9.73. The van der Waals surface area contributed by atoms with E-state index in [2.05, 4.69) is 69.3 Å². The summed E-state index contributed by atoms with van der Waals surface area (Å²) in [4.78, 5) is 0. The van der Waals surface area contributed by atoms with E-state index >= 15 is 0 Å². The minimum absolute atomic E-state index is 0.0638. The van der Waals surface area contributed by atoms with Gasteiger partial charge in [-0.3, -0.25) is 0 Å². The maximum absolute atomic E-state index is 6.13. The van der Waals surface area contributed by atoms with Crippen molar-refractivity contribution >= 4 is 22.6 Å². The lowest BCUT2D eigenvalue weighted by molar-refractivity contribution is 0.0523. The zero-order valence-corrected chi connectivity index (χ0v) is 12.8. The monoisotopic (exact) mass is 330 g/mol. The van der Waals surface area contributed by atoms with E-state index in [4.69, 9.17) is 4.74 Å². The molecule has 0 saturated heterocycles. The molecule has 0 aromatic heterocycles. The van der Waals surface area contributed by atoms with Crippen LogP contribution in [0.1, 0.15) is 45.2 Å². The van der Waals surface area contributed by atoms with Gasteiger partial charge < -0.3 is 4.74 Å². The number of halogens is 1. The van der Waals surface area contributed by atoms with Crippen LogP contribution in [0.5, 0.6) is 5.75 Å². The molecule has 0 spiro atoms. The minimum atomic E-state index is -0.0638. The molecule has 2 heteroatoms. The highest BCUT2D eigenvalue weighted by molar-refractivity contribution is 14.1. The molecule has 16 heavy (non-hydrogen) atoms. The van der Waals surface area contributed by atoms with Crippen molar-refractivity contribution in [2.24, 2.45) is 0 Å². The maximum atomic E-state index is 6.13. The molecule has 0 saturated carbocycles. The first-order chi connectivity index (χ1) is 7.21. The average Bonchev–Trinajstić information content (AvgIpc) is 2.05. The Morgan fingerprint density at radius 1 is 1.19 bits per heavy atom. The van der Waals surface area contributed by atoms with Crippen molar-refractivity contribution in [1.29, 1.82) is 0 Å². The number of ether oxygens (including phenoxy) is 1. The Labute approximate surface area is 112 Å². The normalized spacial score (nSPS) is 21.1. The highest BCUT2D eigenvalue weighted by Crippen LogP contribution is 2.46. The zero-order valence-electron chi connectivity index (χ0n) is 10.6. The Kier molecular flexibility index (Phi) is 2.76. The summed E-state index contributed by atoms with van der Waals surface area (Å²) in [6.07, 6.45) is 1.06. The molecule has 0 N–H and O–H groups in total. The molecule has 0 amide bonds. The standard InChI is InChI=1S/C14H19IO/c1-9-6-10-12(11(15)7-9)16-14(4,5)8-13(10,2)3/h6-7H,8H2,1-5H3. The number of hydrogen-bond acceptors (Lipinski definition) is 1. The molecule has 0 atom stereocenters. The number of benzene rings is 1. The molecule has 2 rings (SSSR count). The maximum Gasteiger partial charge on any atom is 0.137 e. The molecule has 0 fully saturated rings. The van der Waals surface area contributed by atoms with Crippen molar-refractivity contribution in [3.05, 3.63) is 26.8 Å². The van der Waals surface area contributed by atoms with E-state index in [1.165, 1.54) is 14.7 Å². The molecule has 1 heterocycles. The molecule has 0 aliphatic carbocycles. The number of fused-ring (bicyclic) bond motifs is 1. The fraction of sp³-hybridized carbons (Fsp3) is 0.571. The molecular weight excluding hydrogens is 311 g/mol. The van der Waals surface area contributed by atoms with Gasteiger partial charge in [-0.05, 0) is 66.8 Å². The lowest BCUT2D eigenvalue weighted by Gasteiger charge is -2.43. The van der Waals surface area contributed by atoms with Crippen molar-refractivity contribution in [3.63, 3.8) is 0 Å². The van der Waals surface area contributed by atoms with E-state index in [0.29, 0.717) is 0 Å². The second-order valence-electron chi connectivity index (χ2n) is 6.05. The largest absolute Gasteiger partial charge is 0.486 e. The smallest absolute Gasteiger partial charge is 0.137 e. The summed E-state index contributed by atoms with van der Waals surface area (Å²) in [5.41, 5.74) is 2.81. The van der Waals surface area contributed by atoms with Crippen LogP contribution in [0.3, 0.4) is 0 Å². The lowest BCUT2D eigenvalue weighted by Crippen LogP contribution is -2.41. The quantitative estimate of drug-likeness (QED) is 0.639. The number of aryl methyl sites for hydroxylation is 1. The Bertz CT molecular complexity index is 433. The third-order valence-corrected chi connectivity index (χ3v) is 3.96. The van der Waals surface area contributed by atoms with Crippen LogP contribution in [0, 0.1) is 10.5 Å². The second-order valence-corrected chi connectivity index (χ2v) is 7.21. The third kappa shape index (κ3) is 2.08. The van der Waals surface area contributed by atoms with E-state index < -0.39 is 0 Å². The van der Waals surface area contributed by atoms with Crippen LogP contribution in [-0.2, 0) is 5.41 Å². The van der Waals surface area contributed by atoms with Gasteiger partial charge in [0.25, 0.3) is 0 Å². The van der Waals surface area contributed by atoms with Crippen molar-refractivity contribution < 1.29 is 4.74 Å². The fourth-order valence-electron chi connectivity index (χ4n) is 2.81. The summed E-state index contributed by atoms with van der Waals surface area (Å²) in [5, 5.41) is 0. The molecule has 0 unspecified atom stereocenters. The molecule has 1 aliphatic rings. The van der Waals surface area contributed by atoms with E-state index in [1.54, 1.807) is 0 Å². The third-order valence-electron chi connectivity index (χ3n) is 3.16. The van der Waals surface area contributed by atoms with Gasteiger partial charge in [0.05, 0.1) is 3.57 Å². The van der Waals surface area contributed by atoms with Crippen LogP contribution >= 0.6 is 22.6 Å². The minimum Gasteiger partial charge on any atom is -0.486 e. The summed E-state index contributed by atoms with van der Waals surface area (Å²) < 4.78 is 7.36. The fourth-order valence-corrected chi connectivity index (χ4v) is 3.70. The van der Waals surface area contributed by atoms with Gasteiger partial charge in [-0.1, -0.05) is 19.9 Å². The molecule has 88 valence electrons. The van der Waals surface area contributed by atoms with Gasteiger partial charge in [0, 0.05) is 5.56 Å². The molecule has 0 bridgehead atoms. The Balaban J connectivity index is 2.64. The van der Waals surface area contributed by atoms with Crippen molar-refractivity contribution in [3.8, 4) is 5.75 Å². The van der Waals surface area contributed by atoms with Crippen LogP contribution in [0.15, 0.2) is 12.1 Å². The van der Waals surface area contributed by atoms with E-state index in [9.17, 15) is 0 Å². The van der Waals surface area contributed by atoms with E-state index in [0.717, 1.165) is 12.2 Å². The molecular formula is C14H19IO. The van der Waals surface area contributed by atoms with Crippen LogP contribution < -0.4 is 4.74 Å². The van der Waals surface area contributed by atoms with Gasteiger partial charge in [-0.2, -0.15) is 0 Å². The zero-order chi connectivity index (χ0) is 12.1. The molecule has 1 aromatic carbocycles. The molecule has 1 aromatic rings. The summed E-state index contributed by atoms with van der Waals surface area (Å²) in [6, 6.07) is 4.46. The van der Waals surface area contributed by atoms with Crippen LogP contribution in [0.4, 0.5) is 0 Å². The van der Waals surface area contributed by atoms with Gasteiger partial charge >= 0.3 is 0 Å². The van der Waals surface area contributed by atoms with Crippen molar-refractivity contribution in [2.75, 3.05) is 0 Å². The Morgan fingerprint density at radius 3 is 2.44 bits per heavy atom. The number of rotatable bonds is 0. The SMILES string of the molecule is Cc1cc(I)c2c(c1)C(C)(C)CC(C)(C)O2. The average molecular weight is 330 g/mol. The van der Waals surface area contributed by atoms with Gasteiger partial charge in [-0.15, -0.1) is 0 Å². The van der Waals surface area contributed by atoms with Crippen LogP contribution in [0.25, 0.3) is 0 Å².